The van der Waals surface area contributed by atoms with Gasteiger partial charge in [-0.25, -0.2) is 14.0 Å². The number of carbonyl (C=O) groups is 2. The van der Waals surface area contributed by atoms with Crippen LogP contribution in [-0.4, -0.2) is 40.2 Å². The number of pyridine rings is 1. The Morgan fingerprint density at radius 3 is 2.36 bits per heavy atom. The fraction of sp³-hybridized carbons (Fsp3) is 0.259. The molecule has 0 fully saturated rings. The molecule has 15 heteroatoms. The average molecular weight is 625 g/mol. The largest absolute Gasteiger partial charge is 0.493 e. The number of anilines is 1. The van der Waals surface area contributed by atoms with Crippen LogP contribution in [0.4, 0.5) is 23.7 Å². The summed E-state index contributed by atoms with van der Waals surface area (Å²) in [4.78, 5) is 29.4. The zero-order valence-corrected chi connectivity index (χ0v) is 24.4. The molecule has 2 aromatic carbocycles. The summed E-state index contributed by atoms with van der Waals surface area (Å²) in [6.07, 6.45) is -3.61. The number of hydrogen-bond acceptors (Lipinski definition) is 8. The molecule has 0 unspecified atom stereocenters. The van der Waals surface area contributed by atoms with E-state index in [1.54, 1.807) is 20.8 Å². The molecule has 3 aromatic rings. The molecule has 10 nitrogen and oxygen atoms in total. The van der Waals surface area contributed by atoms with E-state index in [1.165, 1.54) is 43.6 Å². The molecule has 1 heterocycles. The van der Waals surface area contributed by atoms with E-state index in [-0.39, 0.29) is 27.8 Å². The van der Waals surface area contributed by atoms with Gasteiger partial charge in [-0.15, -0.1) is 4.36 Å². The molecule has 3 rings (SSSR count). The van der Waals surface area contributed by atoms with Crippen LogP contribution in [0.3, 0.4) is 0 Å². The fourth-order valence-electron chi connectivity index (χ4n) is 3.33. The van der Waals surface area contributed by atoms with Crippen LogP contribution < -0.4 is 14.8 Å². The Kier molecular flexibility index (Phi) is 9.39. The van der Waals surface area contributed by atoms with Crippen molar-refractivity contribution in [3.8, 4) is 23.3 Å². The lowest BCUT2D eigenvalue weighted by molar-refractivity contribution is -0.137. The maximum Gasteiger partial charge on any atom is 0.442 e. The van der Waals surface area contributed by atoms with Gasteiger partial charge in [-0.2, -0.15) is 18.4 Å². The molecule has 1 atom stereocenters. The highest BCUT2D eigenvalue weighted by Crippen LogP contribution is 2.41. The molecular formula is C27H24ClF3N4O6S. The van der Waals surface area contributed by atoms with Gasteiger partial charge in [0.1, 0.15) is 26.1 Å². The van der Waals surface area contributed by atoms with Crippen LogP contribution in [0.15, 0.2) is 58.1 Å². The maximum atomic E-state index is 13.7. The van der Waals surface area contributed by atoms with E-state index in [9.17, 15) is 27.0 Å². The Hall–Kier alpha value is -4.35. The second kappa shape index (κ2) is 12.3. The molecule has 0 spiro atoms. The first-order valence-electron chi connectivity index (χ1n) is 11.8. The highest BCUT2D eigenvalue weighted by atomic mass is 35.5. The van der Waals surface area contributed by atoms with E-state index in [4.69, 9.17) is 31.1 Å². The number of nitrogens with one attached hydrogen (secondary N) is 1. The summed E-state index contributed by atoms with van der Waals surface area (Å²) < 4.78 is 73.6. The van der Waals surface area contributed by atoms with Crippen molar-refractivity contribution >= 4 is 39.0 Å². The molecule has 0 radical (unpaired) electrons. The van der Waals surface area contributed by atoms with E-state index >= 15 is 0 Å². The average Bonchev–Trinajstić information content (AvgIpc) is 2.87. The first-order chi connectivity index (χ1) is 19.4. The first kappa shape index (κ1) is 32.2. The minimum absolute atomic E-state index is 0.0223. The van der Waals surface area contributed by atoms with Gasteiger partial charge in [-0.1, -0.05) is 11.6 Å². The van der Waals surface area contributed by atoms with Crippen LogP contribution in [0.25, 0.3) is 0 Å². The van der Waals surface area contributed by atoms with Crippen LogP contribution in [0, 0.1) is 11.3 Å². The molecule has 0 saturated carbocycles. The minimum atomic E-state index is -4.88. The van der Waals surface area contributed by atoms with E-state index in [1.807, 2.05) is 6.07 Å². The number of benzene rings is 2. The fourth-order valence-corrected chi connectivity index (χ4v) is 4.62. The third-order valence-electron chi connectivity index (χ3n) is 5.15. The number of ether oxygens (including phenoxy) is 3. The van der Waals surface area contributed by atoms with Crippen molar-refractivity contribution in [3.05, 3.63) is 70.4 Å². The Bertz CT molecular complexity index is 1710. The predicted molar refractivity (Wildman–Crippen MR) is 147 cm³/mol. The van der Waals surface area contributed by atoms with Crippen LogP contribution in [0.5, 0.6) is 17.2 Å². The number of amides is 2. The second-order valence-corrected chi connectivity index (χ2v) is 12.2. The topological polar surface area (TPSA) is 140 Å². The maximum absolute atomic E-state index is 13.7. The van der Waals surface area contributed by atoms with Crippen molar-refractivity contribution in [1.29, 1.82) is 5.26 Å². The molecule has 42 heavy (non-hydrogen) atoms. The number of rotatable bonds is 6. The molecule has 2 amide bonds. The highest BCUT2D eigenvalue weighted by molar-refractivity contribution is 7.93. The standard InChI is InChI=1S/C27H24ClF3N4O6S/c1-26(2,3)41-25(37)35-42(5,38)23-11-16(8-9-33-23)34-24(36)17-12-19(28)18(27(29,30)31)13-21(17)40-20-7-6-15(14-32)10-22(20)39-4/h6-13H,1-5H3,(H,33,34,36)/t42-/m1/s1. The van der Waals surface area contributed by atoms with Crippen LogP contribution in [0.2, 0.25) is 5.02 Å². The smallest absolute Gasteiger partial charge is 0.442 e. The van der Waals surface area contributed by atoms with Gasteiger partial charge in [0.2, 0.25) is 0 Å². The summed E-state index contributed by atoms with van der Waals surface area (Å²) in [6.45, 7) is 4.82. The van der Waals surface area contributed by atoms with Crippen LogP contribution in [-0.2, 0) is 20.6 Å². The third-order valence-corrected chi connectivity index (χ3v) is 6.96. The summed E-state index contributed by atoms with van der Waals surface area (Å²) in [6, 6.07) is 9.69. The molecule has 0 saturated heterocycles. The molecule has 0 aliphatic heterocycles. The number of carbonyl (C=O) groups excluding carboxylic acids is 2. The summed E-state index contributed by atoms with van der Waals surface area (Å²) in [5.74, 6) is -1.53. The molecule has 222 valence electrons. The summed E-state index contributed by atoms with van der Waals surface area (Å²) in [7, 11) is -2.15. The lowest BCUT2D eigenvalue weighted by Crippen LogP contribution is -2.22. The van der Waals surface area contributed by atoms with Crippen LogP contribution >= 0.6 is 11.6 Å². The van der Waals surface area contributed by atoms with E-state index < -0.39 is 55.4 Å². The molecule has 1 aromatic heterocycles. The van der Waals surface area contributed by atoms with Gasteiger partial charge < -0.3 is 19.5 Å². The van der Waals surface area contributed by atoms with Gasteiger partial charge in [-0.05, 0) is 57.2 Å². The quantitative estimate of drug-likeness (QED) is 0.307. The van der Waals surface area contributed by atoms with Crippen molar-refractivity contribution in [2.24, 2.45) is 4.36 Å². The Balaban J connectivity index is 2.02. The molecule has 0 bridgehead atoms. The molecule has 0 aliphatic rings. The van der Waals surface area contributed by atoms with Gasteiger partial charge in [0.15, 0.2) is 11.5 Å². The number of hydrogen-bond donors (Lipinski definition) is 1. The summed E-state index contributed by atoms with van der Waals surface area (Å²) in [5, 5.41) is 10.6. The number of nitriles is 1. The number of alkyl halides is 3. The first-order valence-corrected chi connectivity index (χ1v) is 14.1. The molecule has 1 N–H and O–H groups in total. The normalized spacial score (nSPS) is 12.9. The molecule has 0 aliphatic carbocycles. The Morgan fingerprint density at radius 1 is 1.07 bits per heavy atom. The zero-order valence-electron chi connectivity index (χ0n) is 22.8. The summed E-state index contributed by atoms with van der Waals surface area (Å²) >= 11 is 5.89. The van der Waals surface area contributed by atoms with E-state index in [0.29, 0.717) is 6.07 Å². The zero-order chi connectivity index (χ0) is 31.5. The number of methoxy groups -OCH3 is 1. The number of nitrogens with zero attached hydrogens (tertiary/aromatic N) is 3. The van der Waals surface area contributed by atoms with Crippen molar-refractivity contribution in [1.82, 2.24) is 4.98 Å². The van der Waals surface area contributed by atoms with E-state index in [2.05, 4.69) is 14.7 Å². The monoisotopic (exact) mass is 624 g/mol. The van der Waals surface area contributed by atoms with Gasteiger partial charge in [0.25, 0.3) is 5.91 Å². The van der Waals surface area contributed by atoms with Crippen molar-refractivity contribution < 1.29 is 41.2 Å². The Morgan fingerprint density at radius 2 is 1.76 bits per heavy atom. The lowest BCUT2D eigenvalue weighted by Gasteiger charge is -2.18. The second-order valence-electron chi connectivity index (χ2n) is 9.62. The summed E-state index contributed by atoms with van der Waals surface area (Å²) in [5.41, 5.74) is -2.32. The van der Waals surface area contributed by atoms with Crippen molar-refractivity contribution in [2.45, 2.75) is 37.6 Å². The number of aromatic nitrogens is 1. The minimum Gasteiger partial charge on any atom is -0.493 e. The predicted octanol–water partition coefficient (Wildman–Crippen LogP) is 7.07. The third kappa shape index (κ3) is 8.11. The van der Waals surface area contributed by atoms with Crippen LogP contribution in [0.1, 0.15) is 42.3 Å². The Labute approximate surface area is 244 Å². The van der Waals surface area contributed by atoms with Gasteiger partial charge in [0.05, 0.1) is 34.9 Å². The molecular weight excluding hydrogens is 601 g/mol. The highest BCUT2D eigenvalue weighted by Gasteiger charge is 2.35. The van der Waals surface area contributed by atoms with Gasteiger partial charge in [0, 0.05) is 24.2 Å². The van der Waals surface area contributed by atoms with Crippen molar-refractivity contribution in [3.63, 3.8) is 0 Å². The lowest BCUT2D eigenvalue weighted by atomic mass is 10.1. The number of halogens is 4. The SMILES string of the molecule is COc1cc(C#N)ccc1Oc1cc(C(F)(F)F)c(Cl)cc1C(=O)Nc1ccnc([S@@](C)(=O)=NC(=O)OC(C)(C)C)c1. The van der Waals surface area contributed by atoms with E-state index in [0.717, 1.165) is 12.3 Å². The van der Waals surface area contributed by atoms with Crippen molar-refractivity contribution in [2.75, 3.05) is 18.7 Å². The van der Waals surface area contributed by atoms with Gasteiger partial charge >= 0.3 is 12.3 Å². The van der Waals surface area contributed by atoms with Gasteiger partial charge in [-0.3, -0.25) is 4.79 Å².